The van der Waals surface area contributed by atoms with Gasteiger partial charge in [-0.05, 0) is 56.3 Å². The van der Waals surface area contributed by atoms with Gasteiger partial charge in [0.25, 0.3) is 11.8 Å². The normalized spacial score (nSPS) is 13.8. The number of piperazine rings is 1. The largest absolute Gasteiger partial charge is 0.489 e. The molecule has 1 fully saturated rings. The van der Waals surface area contributed by atoms with Crippen LogP contribution < -0.4 is 4.74 Å². The van der Waals surface area contributed by atoms with Gasteiger partial charge < -0.3 is 19.1 Å². The smallest absolute Gasteiger partial charge is 0.254 e. The number of halogens is 1. The zero-order chi connectivity index (χ0) is 22.7. The van der Waals surface area contributed by atoms with E-state index in [1.807, 2.05) is 13.8 Å². The first-order valence-electron chi connectivity index (χ1n) is 10.4. The third kappa shape index (κ3) is 4.64. The monoisotopic (exact) mass is 437 g/mol. The molecule has 1 aliphatic heterocycles. The number of amides is 2. The molecule has 0 radical (unpaired) electrons. The lowest BCUT2D eigenvalue weighted by molar-refractivity contribution is 0.0535. The molecule has 2 amide bonds. The van der Waals surface area contributed by atoms with Crippen LogP contribution in [0.3, 0.4) is 0 Å². The Bertz CT molecular complexity index is 1100. The van der Waals surface area contributed by atoms with Gasteiger partial charge in [0.15, 0.2) is 0 Å². The first-order valence-corrected chi connectivity index (χ1v) is 10.4. The van der Waals surface area contributed by atoms with Gasteiger partial charge >= 0.3 is 0 Å². The van der Waals surface area contributed by atoms with E-state index in [1.165, 1.54) is 18.2 Å². The number of aromatic nitrogens is 1. The van der Waals surface area contributed by atoms with Crippen LogP contribution in [0.25, 0.3) is 0 Å². The van der Waals surface area contributed by atoms with Crippen molar-refractivity contribution in [3.05, 3.63) is 82.5 Å². The van der Waals surface area contributed by atoms with Crippen LogP contribution in [0.5, 0.6) is 5.75 Å². The van der Waals surface area contributed by atoms with Crippen LogP contribution in [0.4, 0.5) is 4.39 Å². The van der Waals surface area contributed by atoms with Crippen molar-refractivity contribution in [2.75, 3.05) is 26.2 Å². The van der Waals surface area contributed by atoms with Gasteiger partial charge in [0.05, 0.1) is 11.3 Å². The average Bonchev–Trinajstić information content (AvgIpc) is 3.14. The average molecular weight is 437 g/mol. The molecule has 4 rings (SSSR count). The second-order valence-corrected chi connectivity index (χ2v) is 7.71. The number of hydrogen-bond donors (Lipinski definition) is 0. The highest BCUT2D eigenvalue weighted by atomic mass is 19.1. The van der Waals surface area contributed by atoms with E-state index >= 15 is 0 Å². The van der Waals surface area contributed by atoms with Crippen molar-refractivity contribution in [1.82, 2.24) is 15.0 Å². The lowest BCUT2D eigenvalue weighted by Gasteiger charge is -2.35. The topological polar surface area (TPSA) is 75.9 Å². The van der Waals surface area contributed by atoms with Gasteiger partial charge in [-0.25, -0.2) is 4.39 Å². The Morgan fingerprint density at radius 3 is 2.16 bits per heavy atom. The minimum absolute atomic E-state index is 0.0971. The Kier molecular flexibility index (Phi) is 6.20. The molecule has 0 N–H and O–H groups in total. The molecule has 0 atom stereocenters. The van der Waals surface area contributed by atoms with E-state index in [-0.39, 0.29) is 11.8 Å². The summed E-state index contributed by atoms with van der Waals surface area (Å²) in [6.07, 6.45) is 0. The maximum Gasteiger partial charge on any atom is 0.254 e. The number of hydrogen-bond acceptors (Lipinski definition) is 5. The molecule has 166 valence electrons. The Labute approximate surface area is 185 Å². The Morgan fingerprint density at radius 2 is 1.59 bits per heavy atom. The third-order valence-electron chi connectivity index (χ3n) is 5.59. The molecule has 0 aliphatic carbocycles. The summed E-state index contributed by atoms with van der Waals surface area (Å²) in [5, 5.41) is 3.91. The van der Waals surface area contributed by atoms with Gasteiger partial charge in [0, 0.05) is 37.3 Å². The number of ether oxygens (including phenoxy) is 1. The highest BCUT2D eigenvalue weighted by Gasteiger charge is 2.25. The van der Waals surface area contributed by atoms with Crippen molar-refractivity contribution < 1.29 is 23.2 Å². The lowest BCUT2D eigenvalue weighted by atomic mass is 10.1. The predicted octanol–water partition coefficient (Wildman–Crippen LogP) is 3.61. The van der Waals surface area contributed by atoms with Crippen molar-refractivity contribution in [3.63, 3.8) is 0 Å². The number of aryl methyl sites for hydroxylation is 2. The molecule has 0 unspecified atom stereocenters. The molecule has 2 heterocycles. The number of benzene rings is 2. The minimum Gasteiger partial charge on any atom is -0.489 e. The molecular weight excluding hydrogens is 413 g/mol. The second kappa shape index (κ2) is 9.21. The second-order valence-electron chi connectivity index (χ2n) is 7.71. The van der Waals surface area contributed by atoms with E-state index < -0.39 is 5.82 Å². The van der Waals surface area contributed by atoms with Crippen LogP contribution in [0.1, 0.15) is 37.7 Å². The van der Waals surface area contributed by atoms with Gasteiger partial charge in [-0.15, -0.1) is 0 Å². The van der Waals surface area contributed by atoms with Gasteiger partial charge in [-0.3, -0.25) is 9.59 Å². The molecule has 3 aromatic rings. The summed E-state index contributed by atoms with van der Waals surface area (Å²) in [5.74, 6) is 0.608. The quantitative estimate of drug-likeness (QED) is 0.610. The Hall–Kier alpha value is -3.68. The maximum atomic E-state index is 13.4. The molecular formula is C24H24FN3O4. The SMILES string of the molecule is Cc1noc(C)c1COc1ccc(C(=O)N2CCN(C(=O)c3cccc(F)c3)CC2)cc1. The van der Waals surface area contributed by atoms with E-state index in [0.29, 0.717) is 49.7 Å². The van der Waals surface area contributed by atoms with Gasteiger partial charge in [-0.2, -0.15) is 0 Å². The van der Waals surface area contributed by atoms with Gasteiger partial charge in [0.2, 0.25) is 0 Å². The summed E-state index contributed by atoms with van der Waals surface area (Å²) >= 11 is 0. The van der Waals surface area contributed by atoms with E-state index in [1.54, 1.807) is 40.1 Å². The Balaban J connectivity index is 1.31. The van der Waals surface area contributed by atoms with Crippen LogP contribution in [-0.2, 0) is 6.61 Å². The molecule has 1 saturated heterocycles. The predicted molar refractivity (Wildman–Crippen MR) is 115 cm³/mol. The number of carbonyl (C=O) groups excluding carboxylic acids is 2. The summed E-state index contributed by atoms with van der Waals surface area (Å²) in [6, 6.07) is 12.6. The molecule has 1 aliphatic rings. The molecule has 32 heavy (non-hydrogen) atoms. The lowest BCUT2D eigenvalue weighted by Crippen LogP contribution is -2.50. The zero-order valence-electron chi connectivity index (χ0n) is 18.0. The summed E-state index contributed by atoms with van der Waals surface area (Å²) in [7, 11) is 0. The van der Waals surface area contributed by atoms with E-state index in [0.717, 1.165) is 17.0 Å². The van der Waals surface area contributed by atoms with Crippen molar-refractivity contribution >= 4 is 11.8 Å². The van der Waals surface area contributed by atoms with E-state index in [2.05, 4.69) is 5.16 Å². The van der Waals surface area contributed by atoms with Crippen LogP contribution in [0, 0.1) is 19.7 Å². The molecule has 7 nitrogen and oxygen atoms in total. The highest BCUT2D eigenvalue weighted by Crippen LogP contribution is 2.19. The van der Waals surface area contributed by atoms with Gasteiger partial charge in [-0.1, -0.05) is 11.2 Å². The fraction of sp³-hybridized carbons (Fsp3) is 0.292. The van der Waals surface area contributed by atoms with Gasteiger partial charge in [0.1, 0.15) is 23.9 Å². The summed E-state index contributed by atoms with van der Waals surface area (Å²) in [4.78, 5) is 28.8. The fourth-order valence-electron chi connectivity index (χ4n) is 3.66. The summed E-state index contributed by atoms with van der Waals surface area (Å²) in [5.41, 5.74) is 2.58. The van der Waals surface area contributed by atoms with Crippen LogP contribution in [0.15, 0.2) is 53.1 Å². The van der Waals surface area contributed by atoms with Crippen LogP contribution >= 0.6 is 0 Å². The minimum atomic E-state index is -0.441. The fourth-order valence-corrected chi connectivity index (χ4v) is 3.66. The zero-order valence-corrected chi connectivity index (χ0v) is 18.0. The molecule has 0 saturated carbocycles. The number of nitrogens with zero attached hydrogens (tertiary/aromatic N) is 3. The first kappa shape index (κ1) is 21.5. The van der Waals surface area contributed by atoms with Crippen molar-refractivity contribution in [2.24, 2.45) is 0 Å². The molecule has 0 spiro atoms. The number of carbonyl (C=O) groups is 2. The summed E-state index contributed by atoms with van der Waals surface area (Å²) in [6.45, 7) is 5.69. The van der Waals surface area contributed by atoms with Crippen LogP contribution in [0.2, 0.25) is 0 Å². The maximum absolute atomic E-state index is 13.4. The number of rotatable bonds is 5. The molecule has 0 bridgehead atoms. The molecule has 1 aromatic heterocycles. The van der Waals surface area contributed by atoms with Crippen LogP contribution in [-0.4, -0.2) is 52.9 Å². The molecule has 2 aromatic carbocycles. The van der Waals surface area contributed by atoms with Crippen molar-refractivity contribution in [2.45, 2.75) is 20.5 Å². The van der Waals surface area contributed by atoms with Crippen molar-refractivity contribution in [1.29, 1.82) is 0 Å². The van der Waals surface area contributed by atoms with E-state index in [4.69, 9.17) is 9.26 Å². The standard InChI is InChI=1S/C24H24FN3O4/c1-16-22(17(2)32-26-16)15-31-21-8-6-18(7-9-21)23(29)27-10-12-28(13-11-27)24(30)19-4-3-5-20(25)14-19/h3-9,14H,10-13,15H2,1-2H3. The first-order chi connectivity index (χ1) is 15.4. The summed E-state index contributed by atoms with van der Waals surface area (Å²) < 4.78 is 24.3. The molecule has 8 heteroatoms. The van der Waals surface area contributed by atoms with E-state index in [9.17, 15) is 14.0 Å². The highest BCUT2D eigenvalue weighted by molar-refractivity contribution is 5.96. The third-order valence-corrected chi connectivity index (χ3v) is 5.59. The Morgan fingerprint density at radius 1 is 0.969 bits per heavy atom. The van der Waals surface area contributed by atoms with Crippen molar-refractivity contribution in [3.8, 4) is 5.75 Å².